The van der Waals surface area contributed by atoms with Gasteiger partial charge in [0.05, 0.1) is 0 Å². The highest BCUT2D eigenvalue weighted by molar-refractivity contribution is 14.0. The first-order valence-corrected chi connectivity index (χ1v) is 2.76. The van der Waals surface area contributed by atoms with E-state index in [0.717, 1.165) is 13.0 Å². The van der Waals surface area contributed by atoms with Gasteiger partial charge < -0.3 is 5.73 Å². The monoisotopic (exact) mass is 229 g/mol. The fraction of sp³-hybridized carbons (Fsp3) is 1.00. The molecule has 0 amide bonds. The first kappa shape index (κ1) is 11.5. The molecule has 2 N–H and O–H groups in total. The zero-order valence-corrected chi connectivity index (χ0v) is 8.23. The molecule has 0 fully saturated rings. The van der Waals surface area contributed by atoms with Crippen molar-refractivity contribution in [3.8, 4) is 0 Å². The minimum absolute atomic E-state index is 0. The summed E-state index contributed by atoms with van der Waals surface area (Å²) in [5.74, 6) is 0. The van der Waals surface area contributed by atoms with Crippen LogP contribution in [-0.4, -0.2) is 6.54 Å². The number of hydrogen-bond donors (Lipinski definition) is 1. The molecule has 0 aromatic carbocycles. The molecule has 0 heterocycles. The van der Waals surface area contributed by atoms with Crippen molar-refractivity contribution in [2.75, 3.05) is 6.54 Å². The van der Waals surface area contributed by atoms with Gasteiger partial charge in [-0.1, -0.05) is 20.8 Å². The Morgan fingerprint density at radius 2 is 1.62 bits per heavy atom. The molecule has 52 valence electrons. The van der Waals surface area contributed by atoms with E-state index in [1.54, 1.807) is 0 Å². The predicted octanol–water partition coefficient (Wildman–Crippen LogP) is 2.00. The van der Waals surface area contributed by atoms with E-state index < -0.39 is 0 Å². The predicted molar refractivity (Wildman–Crippen MR) is 48.5 cm³/mol. The highest BCUT2D eigenvalue weighted by Crippen LogP contribution is 2.15. The smallest absolute Gasteiger partial charge is 0.00723 e. The number of halogens is 1. The standard InChI is InChI=1S/C6H15N.HI/c1-6(2,3)4-5-7;/h4-5,7H2,1-3H3;1H. The summed E-state index contributed by atoms with van der Waals surface area (Å²) < 4.78 is 0. The summed E-state index contributed by atoms with van der Waals surface area (Å²) in [6.45, 7) is 7.39. The molecule has 1 nitrogen and oxygen atoms in total. The van der Waals surface area contributed by atoms with Gasteiger partial charge in [-0.15, -0.1) is 24.0 Å². The van der Waals surface area contributed by atoms with Crippen LogP contribution in [-0.2, 0) is 0 Å². The van der Waals surface area contributed by atoms with E-state index in [4.69, 9.17) is 5.73 Å². The van der Waals surface area contributed by atoms with Gasteiger partial charge in [-0.05, 0) is 18.4 Å². The van der Waals surface area contributed by atoms with Gasteiger partial charge in [-0.2, -0.15) is 0 Å². The maximum absolute atomic E-state index is 5.31. The lowest BCUT2D eigenvalue weighted by molar-refractivity contribution is 0.385. The van der Waals surface area contributed by atoms with Gasteiger partial charge in [0.25, 0.3) is 0 Å². The Labute approximate surface area is 69.0 Å². The highest BCUT2D eigenvalue weighted by Gasteiger charge is 2.06. The lowest BCUT2D eigenvalue weighted by atomic mass is 9.93. The summed E-state index contributed by atoms with van der Waals surface area (Å²) in [6, 6.07) is 0. The SMILES string of the molecule is CC(C)(C)CCN.I. The maximum atomic E-state index is 5.31. The van der Waals surface area contributed by atoms with Gasteiger partial charge in [0.1, 0.15) is 0 Å². The summed E-state index contributed by atoms with van der Waals surface area (Å²) in [6.07, 6.45) is 1.12. The molecule has 0 saturated heterocycles. The van der Waals surface area contributed by atoms with Gasteiger partial charge in [-0.25, -0.2) is 0 Å². The van der Waals surface area contributed by atoms with Gasteiger partial charge in [0.15, 0.2) is 0 Å². The lowest BCUT2D eigenvalue weighted by Crippen LogP contribution is -2.12. The molecule has 0 aliphatic heterocycles. The second-order valence-corrected chi connectivity index (χ2v) is 3.10. The Bertz CT molecular complexity index is 47.0. The summed E-state index contributed by atoms with van der Waals surface area (Å²) in [4.78, 5) is 0. The third kappa shape index (κ3) is 9.85. The summed E-state index contributed by atoms with van der Waals surface area (Å²) in [5.41, 5.74) is 5.74. The zero-order valence-electron chi connectivity index (χ0n) is 5.90. The van der Waals surface area contributed by atoms with Crippen LogP contribution in [0.1, 0.15) is 27.2 Å². The van der Waals surface area contributed by atoms with Crippen molar-refractivity contribution in [2.24, 2.45) is 11.1 Å². The number of hydrogen-bond acceptors (Lipinski definition) is 1. The molecule has 0 aromatic heterocycles. The van der Waals surface area contributed by atoms with E-state index in [1.807, 2.05) is 0 Å². The van der Waals surface area contributed by atoms with Crippen molar-refractivity contribution in [1.29, 1.82) is 0 Å². The minimum atomic E-state index is 0. The Morgan fingerprint density at radius 1 is 1.25 bits per heavy atom. The molecule has 0 aliphatic carbocycles. The van der Waals surface area contributed by atoms with Gasteiger partial charge in [0, 0.05) is 0 Å². The molecule has 0 saturated carbocycles. The molecule has 0 spiro atoms. The summed E-state index contributed by atoms with van der Waals surface area (Å²) in [5, 5.41) is 0. The van der Waals surface area contributed by atoms with Gasteiger partial charge in [0.2, 0.25) is 0 Å². The molecular formula is C6H16IN. The third-order valence-electron chi connectivity index (χ3n) is 0.894. The number of nitrogens with two attached hydrogens (primary N) is 1. The van der Waals surface area contributed by atoms with Crippen molar-refractivity contribution < 1.29 is 0 Å². The van der Waals surface area contributed by atoms with Gasteiger partial charge in [-0.3, -0.25) is 0 Å². The van der Waals surface area contributed by atoms with Gasteiger partial charge >= 0.3 is 0 Å². The van der Waals surface area contributed by atoms with E-state index in [-0.39, 0.29) is 24.0 Å². The average molecular weight is 229 g/mol. The molecule has 0 unspecified atom stereocenters. The largest absolute Gasteiger partial charge is 0.330 e. The Morgan fingerprint density at radius 3 is 1.62 bits per heavy atom. The van der Waals surface area contributed by atoms with E-state index in [9.17, 15) is 0 Å². The molecule has 2 heteroatoms. The fourth-order valence-electron chi connectivity index (χ4n) is 0.433. The minimum Gasteiger partial charge on any atom is -0.330 e. The van der Waals surface area contributed by atoms with Crippen LogP contribution in [0.5, 0.6) is 0 Å². The van der Waals surface area contributed by atoms with E-state index in [1.165, 1.54) is 0 Å². The quantitative estimate of drug-likeness (QED) is 0.684. The molecule has 0 rings (SSSR count). The van der Waals surface area contributed by atoms with E-state index in [0.29, 0.717) is 5.41 Å². The normalized spacial score (nSPS) is 10.5. The lowest BCUT2D eigenvalue weighted by Gasteiger charge is -2.15. The van der Waals surface area contributed by atoms with Crippen LogP contribution in [0.25, 0.3) is 0 Å². The van der Waals surface area contributed by atoms with Crippen LogP contribution in [0, 0.1) is 5.41 Å². The Balaban J connectivity index is 0. The van der Waals surface area contributed by atoms with E-state index >= 15 is 0 Å². The van der Waals surface area contributed by atoms with E-state index in [2.05, 4.69) is 20.8 Å². The fourth-order valence-corrected chi connectivity index (χ4v) is 0.433. The maximum Gasteiger partial charge on any atom is -0.00723 e. The third-order valence-corrected chi connectivity index (χ3v) is 0.894. The van der Waals surface area contributed by atoms with Crippen molar-refractivity contribution in [3.63, 3.8) is 0 Å². The molecule has 0 bridgehead atoms. The molecule has 0 aromatic rings. The van der Waals surface area contributed by atoms with Crippen molar-refractivity contribution in [2.45, 2.75) is 27.2 Å². The highest BCUT2D eigenvalue weighted by atomic mass is 127. The van der Waals surface area contributed by atoms with Crippen molar-refractivity contribution in [3.05, 3.63) is 0 Å². The topological polar surface area (TPSA) is 26.0 Å². The first-order valence-electron chi connectivity index (χ1n) is 2.76. The second kappa shape index (κ2) is 4.56. The molecule has 0 atom stereocenters. The van der Waals surface area contributed by atoms with Crippen LogP contribution in [0.3, 0.4) is 0 Å². The molecular weight excluding hydrogens is 213 g/mol. The molecule has 0 aliphatic rings. The summed E-state index contributed by atoms with van der Waals surface area (Å²) in [7, 11) is 0. The van der Waals surface area contributed by atoms with Crippen molar-refractivity contribution in [1.82, 2.24) is 0 Å². The Kier molecular flexibility index (Phi) is 6.54. The van der Waals surface area contributed by atoms with Crippen LogP contribution in [0.2, 0.25) is 0 Å². The summed E-state index contributed by atoms with van der Waals surface area (Å²) >= 11 is 0. The average Bonchev–Trinajstić information content (AvgIpc) is 1.30. The first-order chi connectivity index (χ1) is 3.06. The zero-order chi connectivity index (χ0) is 5.91. The Hall–Kier alpha value is 0.690. The number of rotatable bonds is 1. The van der Waals surface area contributed by atoms with Crippen LogP contribution >= 0.6 is 24.0 Å². The van der Waals surface area contributed by atoms with Crippen LogP contribution < -0.4 is 5.73 Å². The van der Waals surface area contributed by atoms with Crippen LogP contribution in [0.4, 0.5) is 0 Å². The van der Waals surface area contributed by atoms with Crippen LogP contribution in [0.15, 0.2) is 0 Å². The molecule has 0 radical (unpaired) electrons. The van der Waals surface area contributed by atoms with Crippen molar-refractivity contribution >= 4 is 24.0 Å². The second-order valence-electron chi connectivity index (χ2n) is 3.10. The molecule has 8 heavy (non-hydrogen) atoms.